The molecule has 0 unspecified atom stereocenters. The number of ether oxygens (including phenoxy) is 2. The molecule has 36 heavy (non-hydrogen) atoms. The Labute approximate surface area is 216 Å². The summed E-state index contributed by atoms with van der Waals surface area (Å²) in [6.07, 6.45) is 1.87. The SMILES string of the molecule is CCOC(=O)C1=C(c2ccccc2)N=c2sc(=Cc3cccs3)c(=O)n2[C@H]1c1ccc(OCC)cc1. The molecule has 1 atom stereocenters. The number of carbonyl (C=O) groups excluding carboxylic acids is 1. The molecule has 0 amide bonds. The van der Waals surface area contributed by atoms with Crippen molar-refractivity contribution in [2.24, 2.45) is 4.99 Å². The Morgan fingerprint density at radius 1 is 1.03 bits per heavy atom. The maximum absolute atomic E-state index is 13.7. The van der Waals surface area contributed by atoms with Crippen molar-refractivity contribution in [2.75, 3.05) is 13.2 Å². The number of aromatic nitrogens is 1. The van der Waals surface area contributed by atoms with E-state index in [1.807, 2.05) is 85.1 Å². The second-order valence-electron chi connectivity index (χ2n) is 7.95. The van der Waals surface area contributed by atoms with Crippen LogP contribution in [0, 0.1) is 0 Å². The molecule has 4 aromatic rings. The van der Waals surface area contributed by atoms with E-state index in [2.05, 4.69) is 0 Å². The number of nitrogens with zero attached hydrogens (tertiary/aromatic N) is 2. The summed E-state index contributed by atoms with van der Waals surface area (Å²) in [5.74, 6) is 0.225. The van der Waals surface area contributed by atoms with Crippen molar-refractivity contribution in [2.45, 2.75) is 19.9 Å². The molecule has 182 valence electrons. The van der Waals surface area contributed by atoms with E-state index >= 15 is 0 Å². The molecule has 0 saturated heterocycles. The summed E-state index contributed by atoms with van der Waals surface area (Å²) in [6, 6.07) is 20.2. The van der Waals surface area contributed by atoms with Crippen LogP contribution in [0.3, 0.4) is 0 Å². The molecule has 2 aromatic carbocycles. The molecule has 2 aromatic heterocycles. The van der Waals surface area contributed by atoms with Gasteiger partial charge in [-0.25, -0.2) is 9.79 Å². The molecular weight excluding hydrogens is 492 g/mol. The van der Waals surface area contributed by atoms with Crippen molar-refractivity contribution < 1.29 is 14.3 Å². The fraction of sp³-hybridized carbons (Fsp3) is 0.179. The summed E-state index contributed by atoms with van der Waals surface area (Å²) in [7, 11) is 0. The van der Waals surface area contributed by atoms with Gasteiger partial charge in [0.15, 0.2) is 4.80 Å². The van der Waals surface area contributed by atoms with Gasteiger partial charge in [-0.1, -0.05) is 59.9 Å². The third kappa shape index (κ3) is 4.57. The first-order valence-electron chi connectivity index (χ1n) is 11.7. The third-order valence-corrected chi connectivity index (χ3v) is 7.50. The highest BCUT2D eigenvalue weighted by molar-refractivity contribution is 7.11. The highest BCUT2D eigenvalue weighted by atomic mass is 32.1. The third-order valence-electron chi connectivity index (χ3n) is 5.70. The summed E-state index contributed by atoms with van der Waals surface area (Å²) >= 11 is 2.88. The molecule has 8 heteroatoms. The normalized spacial score (nSPS) is 15.4. The van der Waals surface area contributed by atoms with Crippen LogP contribution in [0.25, 0.3) is 11.8 Å². The minimum absolute atomic E-state index is 0.194. The van der Waals surface area contributed by atoms with Crippen molar-refractivity contribution in [1.82, 2.24) is 4.57 Å². The predicted octanol–water partition coefficient (Wildman–Crippen LogP) is 4.40. The number of esters is 1. The molecule has 0 radical (unpaired) electrons. The van der Waals surface area contributed by atoms with E-state index in [9.17, 15) is 9.59 Å². The number of carbonyl (C=O) groups is 1. The lowest BCUT2D eigenvalue weighted by Crippen LogP contribution is -2.39. The Bertz CT molecular complexity index is 1580. The molecule has 1 aliphatic rings. The van der Waals surface area contributed by atoms with E-state index in [4.69, 9.17) is 14.5 Å². The molecule has 0 spiro atoms. The summed E-state index contributed by atoms with van der Waals surface area (Å²) in [6.45, 7) is 4.45. The fourth-order valence-corrected chi connectivity index (χ4v) is 5.90. The number of fused-ring (bicyclic) bond motifs is 1. The molecule has 0 fully saturated rings. The van der Waals surface area contributed by atoms with Gasteiger partial charge in [-0.15, -0.1) is 11.3 Å². The van der Waals surface area contributed by atoms with E-state index in [0.717, 1.165) is 21.8 Å². The number of hydrogen-bond donors (Lipinski definition) is 0. The Kier molecular flexibility index (Phi) is 6.97. The van der Waals surface area contributed by atoms with Gasteiger partial charge in [-0.05, 0) is 49.1 Å². The second-order valence-corrected chi connectivity index (χ2v) is 9.94. The minimum atomic E-state index is -0.698. The average molecular weight is 517 g/mol. The van der Waals surface area contributed by atoms with Gasteiger partial charge in [-0.3, -0.25) is 9.36 Å². The summed E-state index contributed by atoms with van der Waals surface area (Å²) in [5, 5.41) is 1.97. The quantitative estimate of drug-likeness (QED) is 0.342. The highest BCUT2D eigenvalue weighted by Gasteiger charge is 2.35. The van der Waals surface area contributed by atoms with Gasteiger partial charge in [0, 0.05) is 10.4 Å². The van der Waals surface area contributed by atoms with Crippen LogP contribution in [0.1, 0.15) is 35.9 Å². The molecule has 5 rings (SSSR count). The van der Waals surface area contributed by atoms with Crippen molar-refractivity contribution >= 4 is 40.4 Å². The summed E-state index contributed by atoms with van der Waals surface area (Å²) in [5.41, 5.74) is 2.21. The zero-order valence-electron chi connectivity index (χ0n) is 19.8. The van der Waals surface area contributed by atoms with Crippen LogP contribution in [-0.4, -0.2) is 23.8 Å². The lowest BCUT2D eigenvalue weighted by molar-refractivity contribution is -0.138. The molecule has 0 bridgehead atoms. The van der Waals surface area contributed by atoms with Gasteiger partial charge in [0.2, 0.25) is 0 Å². The number of thiophene rings is 1. The average Bonchev–Trinajstić information content (AvgIpc) is 3.52. The number of rotatable bonds is 7. The van der Waals surface area contributed by atoms with Crippen LogP contribution in [0.2, 0.25) is 0 Å². The van der Waals surface area contributed by atoms with E-state index < -0.39 is 12.0 Å². The van der Waals surface area contributed by atoms with Crippen molar-refractivity contribution in [1.29, 1.82) is 0 Å². The van der Waals surface area contributed by atoms with Crippen LogP contribution in [-0.2, 0) is 9.53 Å². The Morgan fingerprint density at radius 3 is 2.47 bits per heavy atom. The van der Waals surface area contributed by atoms with E-state index in [1.165, 1.54) is 11.3 Å². The fourth-order valence-electron chi connectivity index (χ4n) is 4.17. The topological polar surface area (TPSA) is 69.9 Å². The first kappa shape index (κ1) is 24.0. The standard InChI is InChI=1S/C28H24N2O4S2/c1-3-33-20-14-12-19(13-15-20)25-23(27(32)34-4-2)24(18-9-6-5-7-10-18)29-28-30(25)26(31)22(36-28)17-21-11-8-16-35-21/h5-17,25H,3-4H2,1-2H3/t25-/m0/s1. The van der Waals surface area contributed by atoms with Crippen LogP contribution in [0.4, 0.5) is 0 Å². The zero-order valence-corrected chi connectivity index (χ0v) is 21.5. The Hall–Kier alpha value is -3.75. The molecule has 3 heterocycles. The van der Waals surface area contributed by atoms with Gasteiger partial charge < -0.3 is 9.47 Å². The maximum Gasteiger partial charge on any atom is 0.338 e. The zero-order chi connectivity index (χ0) is 25.1. The van der Waals surface area contributed by atoms with Crippen LogP contribution < -0.4 is 19.6 Å². The van der Waals surface area contributed by atoms with E-state index in [-0.39, 0.29) is 12.2 Å². The monoisotopic (exact) mass is 516 g/mol. The Morgan fingerprint density at radius 2 is 1.81 bits per heavy atom. The predicted molar refractivity (Wildman–Crippen MR) is 143 cm³/mol. The van der Waals surface area contributed by atoms with E-state index in [0.29, 0.717) is 27.2 Å². The molecule has 6 nitrogen and oxygen atoms in total. The van der Waals surface area contributed by atoms with Crippen molar-refractivity contribution in [3.8, 4) is 5.75 Å². The summed E-state index contributed by atoms with van der Waals surface area (Å²) < 4.78 is 13.3. The first-order chi connectivity index (χ1) is 17.6. The van der Waals surface area contributed by atoms with E-state index in [1.54, 1.807) is 22.8 Å². The minimum Gasteiger partial charge on any atom is -0.494 e. The maximum atomic E-state index is 13.7. The van der Waals surface area contributed by atoms with Crippen LogP contribution >= 0.6 is 22.7 Å². The molecular formula is C28H24N2O4S2. The highest BCUT2D eigenvalue weighted by Crippen LogP contribution is 2.35. The molecule has 1 aliphatic heterocycles. The first-order valence-corrected chi connectivity index (χ1v) is 13.3. The van der Waals surface area contributed by atoms with Gasteiger partial charge >= 0.3 is 5.97 Å². The van der Waals surface area contributed by atoms with Crippen LogP contribution in [0.15, 0.2) is 87.5 Å². The molecule has 0 aliphatic carbocycles. The molecule has 0 saturated carbocycles. The van der Waals surface area contributed by atoms with Crippen molar-refractivity contribution in [3.63, 3.8) is 0 Å². The smallest absolute Gasteiger partial charge is 0.338 e. The number of benzene rings is 2. The number of hydrogen-bond acceptors (Lipinski definition) is 7. The van der Waals surface area contributed by atoms with Crippen LogP contribution in [0.5, 0.6) is 5.75 Å². The summed E-state index contributed by atoms with van der Waals surface area (Å²) in [4.78, 5) is 33.6. The van der Waals surface area contributed by atoms with Gasteiger partial charge in [0.25, 0.3) is 5.56 Å². The van der Waals surface area contributed by atoms with Gasteiger partial charge in [0.1, 0.15) is 5.75 Å². The van der Waals surface area contributed by atoms with Gasteiger partial charge in [-0.2, -0.15) is 0 Å². The second kappa shape index (κ2) is 10.5. The lowest BCUT2D eigenvalue weighted by Gasteiger charge is -2.26. The number of thiazole rings is 1. The molecule has 0 N–H and O–H groups in total. The van der Waals surface area contributed by atoms with Gasteiger partial charge in [0.05, 0.1) is 35.1 Å². The lowest BCUT2D eigenvalue weighted by atomic mass is 9.93. The van der Waals surface area contributed by atoms with Crippen molar-refractivity contribution in [3.05, 3.63) is 113 Å². The largest absolute Gasteiger partial charge is 0.494 e. The Balaban J connectivity index is 1.80.